The maximum absolute atomic E-state index is 12.6. The lowest BCUT2D eigenvalue weighted by atomic mass is 10.1. The normalized spacial score (nSPS) is 11.4. The number of rotatable bonds is 5. The van der Waals surface area contributed by atoms with E-state index in [1.165, 1.54) is 29.5 Å². The summed E-state index contributed by atoms with van der Waals surface area (Å²) in [6, 6.07) is 9.97. The Morgan fingerprint density at radius 1 is 1.13 bits per heavy atom. The van der Waals surface area contributed by atoms with Crippen LogP contribution in [0.2, 0.25) is 0 Å². The number of pyridine rings is 1. The Morgan fingerprint density at radius 2 is 1.93 bits per heavy atom. The van der Waals surface area contributed by atoms with E-state index in [0.29, 0.717) is 28.4 Å². The average molecular weight is 430 g/mol. The van der Waals surface area contributed by atoms with Gasteiger partial charge >= 0.3 is 6.18 Å². The van der Waals surface area contributed by atoms with Gasteiger partial charge in [0.15, 0.2) is 16.6 Å². The molecule has 0 bridgehead atoms. The predicted molar refractivity (Wildman–Crippen MR) is 104 cm³/mol. The molecule has 3 heterocycles. The van der Waals surface area contributed by atoms with Gasteiger partial charge in [0.1, 0.15) is 0 Å². The van der Waals surface area contributed by atoms with Gasteiger partial charge in [-0.15, -0.1) is 11.3 Å². The molecule has 1 aromatic carbocycles. The lowest BCUT2D eigenvalue weighted by molar-refractivity contribution is -0.137. The Bertz CT molecular complexity index is 1150. The maximum atomic E-state index is 12.6. The lowest BCUT2D eigenvalue weighted by Crippen LogP contribution is -2.11. The van der Waals surface area contributed by atoms with Crippen LogP contribution in [0.1, 0.15) is 26.5 Å². The number of hydrogen-bond donors (Lipinski definition) is 1. The Morgan fingerprint density at radius 3 is 2.63 bits per heavy atom. The largest absolute Gasteiger partial charge is 0.416 e. The molecule has 152 valence electrons. The number of nitrogens with zero attached hydrogens (tertiary/aromatic N) is 3. The van der Waals surface area contributed by atoms with Gasteiger partial charge in [0.2, 0.25) is 0 Å². The van der Waals surface area contributed by atoms with E-state index in [9.17, 15) is 18.0 Å². The third kappa shape index (κ3) is 4.54. The van der Waals surface area contributed by atoms with E-state index < -0.39 is 17.6 Å². The molecule has 0 saturated carbocycles. The molecule has 0 atom stereocenters. The minimum absolute atomic E-state index is 0.0911. The molecule has 1 amide bonds. The number of anilines is 1. The average Bonchev–Trinajstić information content (AvgIpc) is 3.38. The number of benzene rings is 1. The number of alkyl halides is 3. The van der Waals surface area contributed by atoms with Crippen molar-refractivity contribution >= 4 is 22.4 Å². The molecule has 0 aliphatic rings. The molecule has 6 nitrogen and oxygen atoms in total. The van der Waals surface area contributed by atoms with Crippen molar-refractivity contribution in [3.63, 3.8) is 0 Å². The van der Waals surface area contributed by atoms with Gasteiger partial charge in [0.05, 0.1) is 5.56 Å². The number of nitrogens with one attached hydrogen (secondary N) is 1. The van der Waals surface area contributed by atoms with E-state index in [4.69, 9.17) is 4.52 Å². The van der Waals surface area contributed by atoms with Crippen molar-refractivity contribution in [2.24, 2.45) is 0 Å². The van der Waals surface area contributed by atoms with Crippen LogP contribution >= 0.6 is 11.3 Å². The van der Waals surface area contributed by atoms with E-state index in [1.807, 2.05) is 0 Å². The first-order valence-electron chi connectivity index (χ1n) is 8.68. The van der Waals surface area contributed by atoms with Gasteiger partial charge in [-0.3, -0.25) is 15.1 Å². The minimum Gasteiger partial charge on any atom is -0.355 e. The fraction of sp³-hybridized carbons (Fsp3) is 0.100. The van der Waals surface area contributed by atoms with Crippen molar-refractivity contribution < 1.29 is 22.5 Å². The molecular formula is C20H13F3N4O2S. The van der Waals surface area contributed by atoms with Crippen LogP contribution in [0.25, 0.3) is 11.3 Å². The number of halogens is 3. The molecule has 4 rings (SSSR count). The summed E-state index contributed by atoms with van der Waals surface area (Å²) >= 11 is 1.23. The second kappa shape index (κ2) is 8.07. The lowest BCUT2D eigenvalue weighted by Gasteiger charge is -2.06. The van der Waals surface area contributed by atoms with Crippen LogP contribution in [-0.4, -0.2) is 21.0 Å². The fourth-order valence-corrected chi connectivity index (χ4v) is 3.49. The van der Waals surface area contributed by atoms with Crippen molar-refractivity contribution in [3.05, 3.63) is 82.8 Å². The second-order valence-electron chi connectivity index (χ2n) is 6.28. The molecule has 0 spiro atoms. The van der Waals surface area contributed by atoms with Crippen molar-refractivity contribution in [1.82, 2.24) is 15.1 Å². The third-order valence-corrected chi connectivity index (χ3v) is 5.04. The first-order chi connectivity index (χ1) is 14.4. The van der Waals surface area contributed by atoms with Gasteiger partial charge in [-0.25, -0.2) is 4.98 Å². The first-order valence-corrected chi connectivity index (χ1v) is 9.49. The standard InChI is InChI=1S/C20H13F3N4O2S/c21-20(22,23)14-5-3-12(4-6-14)8-15-11-25-19(30-15)26-18(28)16-9-17(29-27-16)13-2-1-7-24-10-13/h1-7,9-11H,8H2,(H,25,26,28). The van der Waals surface area contributed by atoms with Crippen molar-refractivity contribution in [2.75, 3.05) is 5.32 Å². The van der Waals surface area contributed by atoms with E-state index >= 15 is 0 Å². The van der Waals surface area contributed by atoms with Crippen molar-refractivity contribution in [2.45, 2.75) is 12.6 Å². The smallest absolute Gasteiger partial charge is 0.355 e. The Balaban J connectivity index is 1.40. The molecule has 4 aromatic rings. The number of thiazole rings is 1. The van der Waals surface area contributed by atoms with Crippen LogP contribution < -0.4 is 5.32 Å². The predicted octanol–water partition coefficient (Wildman–Crippen LogP) is 5.06. The molecule has 0 aliphatic heterocycles. The third-order valence-electron chi connectivity index (χ3n) is 4.12. The molecule has 10 heteroatoms. The summed E-state index contributed by atoms with van der Waals surface area (Å²) in [6.45, 7) is 0. The maximum Gasteiger partial charge on any atom is 0.416 e. The fourth-order valence-electron chi connectivity index (χ4n) is 2.65. The van der Waals surface area contributed by atoms with E-state index in [1.54, 1.807) is 30.7 Å². The second-order valence-corrected chi connectivity index (χ2v) is 7.39. The highest BCUT2D eigenvalue weighted by Gasteiger charge is 2.29. The zero-order valence-corrected chi connectivity index (χ0v) is 16.0. The minimum atomic E-state index is -4.36. The van der Waals surface area contributed by atoms with Crippen LogP contribution in [0.5, 0.6) is 0 Å². The van der Waals surface area contributed by atoms with Gasteiger partial charge in [0.25, 0.3) is 5.91 Å². The Labute approximate surface area is 172 Å². The van der Waals surface area contributed by atoms with Crippen molar-refractivity contribution in [3.8, 4) is 11.3 Å². The van der Waals surface area contributed by atoms with Gasteiger partial charge < -0.3 is 4.52 Å². The van der Waals surface area contributed by atoms with E-state index in [0.717, 1.165) is 17.0 Å². The highest BCUT2D eigenvalue weighted by Crippen LogP contribution is 2.30. The summed E-state index contributed by atoms with van der Waals surface area (Å²) in [4.78, 5) is 21.3. The molecule has 0 saturated heterocycles. The van der Waals surface area contributed by atoms with Crippen molar-refractivity contribution in [1.29, 1.82) is 0 Å². The van der Waals surface area contributed by atoms with E-state index in [-0.39, 0.29) is 5.69 Å². The zero-order chi connectivity index (χ0) is 21.1. The summed E-state index contributed by atoms with van der Waals surface area (Å²) in [5.41, 5.74) is 0.800. The number of carbonyl (C=O) groups is 1. The van der Waals surface area contributed by atoms with Crippen LogP contribution in [0.15, 0.2) is 65.6 Å². The first kappa shape index (κ1) is 19.8. The number of aromatic nitrogens is 3. The Kier molecular flexibility index (Phi) is 5.32. The SMILES string of the molecule is O=C(Nc1ncc(Cc2ccc(C(F)(F)F)cc2)s1)c1cc(-c2cccnc2)on1. The Hall–Kier alpha value is -3.53. The molecule has 0 unspecified atom stereocenters. The summed E-state index contributed by atoms with van der Waals surface area (Å²) in [5, 5.41) is 6.76. The van der Waals surface area contributed by atoms with Gasteiger partial charge in [-0.1, -0.05) is 17.3 Å². The highest BCUT2D eigenvalue weighted by molar-refractivity contribution is 7.15. The molecule has 0 aliphatic carbocycles. The molecule has 30 heavy (non-hydrogen) atoms. The molecule has 1 N–H and O–H groups in total. The zero-order valence-electron chi connectivity index (χ0n) is 15.2. The number of carbonyl (C=O) groups excluding carboxylic acids is 1. The molecule has 3 aromatic heterocycles. The van der Waals surface area contributed by atoms with Crippen LogP contribution in [0.4, 0.5) is 18.3 Å². The van der Waals surface area contributed by atoms with E-state index in [2.05, 4.69) is 20.4 Å². The van der Waals surface area contributed by atoms with Gasteiger partial charge in [-0.2, -0.15) is 13.2 Å². The van der Waals surface area contributed by atoms with Crippen LogP contribution in [0.3, 0.4) is 0 Å². The quantitative estimate of drug-likeness (QED) is 0.479. The summed E-state index contributed by atoms with van der Waals surface area (Å²) < 4.78 is 43.1. The van der Waals surface area contributed by atoms with Gasteiger partial charge in [0, 0.05) is 41.5 Å². The van der Waals surface area contributed by atoms with Crippen LogP contribution in [-0.2, 0) is 12.6 Å². The highest BCUT2D eigenvalue weighted by atomic mass is 32.1. The summed E-state index contributed by atoms with van der Waals surface area (Å²) in [6.07, 6.45) is 0.829. The monoisotopic (exact) mass is 430 g/mol. The number of amides is 1. The molecule has 0 radical (unpaired) electrons. The topological polar surface area (TPSA) is 80.9 Å². The molecule has 0 fully saturated rings. The van der Waals surface area contributed by atoms with Gasteiger partial charge in [-0.05, 0) is 29.8 Å². The molecular weight excluding hydrogens is 417 g/mol. The summed E-state index contributed by atoms with van der Waals surface area (Å²) in [7, 11) is 0. The number of hydrogen-bond acceptors (Lipinski definition) is 6. The van der Waals surface area contributed by atoms with Crippen LogP contribution in [0, 0.1) is 0 Å². The summed E-state index contributed by atoms with van der Waals surface area (Å²) in [5.74, 6) is -0.0697.